The Morgan fingerprint density at radius 3 is 2.29 bits per heavy atom. The normalized spacial score (nSPS) is 12.6. The average molecular weight is 272 g/mol. The van der Waals surface area contributed by atoms with E-state index in [0.29, 0.717) is 5.46 Å². The van der Waals surface area contributed by atoms with Crippen LogP contribution < -0.4 is 10.2 Å². The predicted octanol–water partition coefficient (Wildman–Crippen LogP) is 2.17. The summed E-state index contributed by atoms with van der Waals surface area (Å²) >= 11 is 5.59. The lowest BCUT2D eigenvalue weighted by molar-refractivity contribution is -0.290. The summed E-state index contributed by atoms with van der Waals surface area (Å²) in [6.07, 6.45) is -5.64. The van der Waals surface area contributed by atoms with E-state index in [1.807, 2.05) is 0 Å². The zero-order chi connectivity index (χ0) is 13.3. The van der Waals surface area contributed by atoms with E-state index in [1.165, 1.54) is 12.1 Å². The molecule has 0 aliphatic rings. The molecule has 0 radical (unpaired) electrons. The van der Waals surface area contributed by atoms with E-state index in [1.54, 1.807) is 13.9 Å². The van der Waals surface area contributed by atoms with Gasteiger partial charge in [-0.3, -0.25) is 0 Å². The minimum Gasteiger partial charge on any atom is -0.485 e. The maximum absolute atomic E-state index is 12.6. The fourth-order valence-corrected chi connectivity index (χ4v) is 1.14. The second-order valence-corrected chi connectivity index (χ2v) is 3.83. The number of rotatable bonds is 3. The molecule has 0 aliphatic carbocycles. The first-order valence-corrected chi connectivity index (χ1v) is 4.85. The van der Waals surface area contributed by atoms with Gasteiger partial charge < -0.3 is 4.74 Å². The second-order valence-electron chi connectivity index (χ2n) is 3.42. The summed E-state index contributed by atoms with van der Waals surface area (Å²) in [5, 5.41) is -0.0198. The summed E-state index contributed by atoms with van der Waals surface area (Å²) in [6.45, 7) is -1.79. The zero-order valence-corrected chi connectivity index (χ0v) is 9.37. The van der Waals surface area contributed by atoms with Gasteiger partial charge in [-0.1, -0.05) is 23.1 Å². The Morgan fingerprint density at radius 1 is 1.18 bits per heavy atom. The Hall–Kier alpha value is -0.975. The zero-order valence-electron chi connectivity index (χ0n) is 8.62. The van der Waals surface area contributed by atoms with Crippen LogP contribution in [-0.2, 0) is 0 Å². The quantitative estimate of drug-likeness (QED) is 0.605. The van der Waals surface area contributed by atoms with Crippen LogP contribution in [0.2, 0.25) is 5.02 Å². The monoisotopic (exact) mass is 272 g/mol. The lowest BCUT2D eigenvalue weighted by atomic mass is 9.96. The third kappa shape index (κ3) is 3.49. The number of hydrogen-bond acceptors (Lipinski definition) is 1. The molecule has 94 valence electrons. The maximum atomic E-state index is 12.6. The predicted molar refractivity (Wildman–Crippen MR) is 56.1 cm³/mol. The van der Waals surface area contributed by atoms with Crippen molar-refractivity contribution in [3.05, 3.63) is 23.2 Å². The van der Waals surface area contributed by atoms with E-state index in [2.05, 4.69) is 4.74 Å². The van der Waals surface area contributed by atoms with Crippen molar-refractivity contribution >= 4 is 24.9 Å². The van der Waals surface area contributed by atoms with Crippen molar-refractivity contribution < 1.29 is 26.7 Å². The van der Waals surface area contributed by atoms with E-state index in [0.717, 1.165) is 0 Å². The summed E-state index contributed by atoms with van der Waals surface area (Å²) in [7, 11) is 1.63. The van der Waals surface area contributed by atoms with Crippen LogP contribution in [0.25, 0.3) is 0 Å². The molecule has 1 rings (SSSR count). The van der Waals surface area contributed by atoms with E-state index in [9.17, 15) is 22.0 Å². The molecular weight excluding hydrogens is 265 g/mol. The van der Waals surface area contributed by atoms with Gasteiger partial charge in [0.1, 0.15) is 13.6 Å². The molecule has 0 aliphatic heterocycles. The molecule has 0 fully saturated rings. The van der Waals surface area contributed by atoms with Gasteiger partial charge in [-0.15, -0.1) is 0 Å². The minimum absolute atomic E-state index is 0.0198. The molecule has 0 bridgehead atoms. The third-order valence-electron chi connectivity index (χ3n) is 1.91. The van der Waals surface area contributed by atoms with Gasteiger partial charge in [0.2, 0.25) is 0 Å². The van der Waals surface area contributed by atoms with Gasteiger partial charge in [0.15, 0.2) is 6.61 Å². The van der Waals surface area contributed by atoms with Crippen LogP contribution in [0.5, 0.6) is 5.75 Å². The molecule has 0 unspecified atom stereocenters. The smallest absolute Gasteiger partial charge is 0.456 e. The SMILES string of the molecule is Bc1ccc(Cl)c(OCC(F)(F)C(F)(F)F)c1. The molecule has 0 atom stereocenters. The third-order valence-corrected chi connectivity index (χ3v) is 2.22. The molecule has 8 heteroatoms. The Bertz CT molecular complexity index is 407. The highest BCUT2D eigenvalue weighted by molar-refractivity contribution is 6.35. The van der Waals surface area contributed by atoms with Crippen molar-refractivity contribution in [2.45, 2.75) is 12.1 Å². The number of halogens is 6. The topological polar surface area (TPSA) is 9.23 Å². The molecule has 0 spiro atoms. The highest BCUT2D eigenvalue weighted by atomic mass is 35.5. The molecule has 1 aromatic rings. The van der Waals surface area contributed by atoms with Crippen LogP contribution in [0, 0.1) is 0 Å². The number of ether oxygens (including phenoxy) is 1. The number of hydrogen-bond donors (Lipinski definition) is 0. The standard InChI is InChI=1S/C9H7BClF5O/c10-5-1-2-6(11)7(3-5)17-4-8(12,13)9(14,15)16/h1-3H,4,10H2. The summed E-state index contributed by atoms with van der Waals surface area (Å²) in [5.74, 6) is -5.10. The Labute approximate surface area is 99.9 Å². The van der Waals surface area contributed by atoms with Crippen molar-refractivity contribution in [3.63, 3.8) is 0 Å². The molecule has 0 aromatic heterocycles. The first-order chi connectivity index (χ1) is 7.63. The number of benzene rings is 1. The molecule has 1 nitrogen and oxygen atoms in total. The Kier molecular flexibility index (Phi) is 3.91. The molecule has 0 saturated heterocycles. The Balaban J connectivity index is 2.77. The number of alkyl halides is 5. The van der Waals surface area contributed by atoms with Crippen LogP contribution in [0.3, 0.4) is 0 Å². The molecule has 0 heterocycles. The van der Waals surface area contributed by atoms with Gasteiger partial charge in [0.25, 0.3) is 0 Å². The van der Waals surface area contributed by atoms with E-state index >= 15 is 0 Å². The second kappa shape index (κ2) is 4.72. The molecule has 17 heavy (non-hydrogen) atoms. The maximum Gasteiger partial charge on any atom is 0.456 e. The van der Waals surface area contributed by atoms with Crippen molar-refractivity contribution in [1.29, 1.82) is 0 Å². The van der Waals surface area contributed by atoms with Crippen LogP contribution >= 0.6 is 11.6 Å². The minimum atomic E-state index is -5.64. The van der Waals surface area contributed by atoms with Crippen molar-refractivity contribution in [3.8, 4) is 5.75 Å². The fourth-order valence-electron chi connectivity index (χ4n) is 0.971. The highest BCUT2D eigenvalue weighted by Gasteiger charge is 2.58. The fraction of sp³-hybridized carbons (Fsp3) is 0.333. The molecule has 0 N–H and O–H groups in total. The van der Waals surface area contributed by atoms with E-state index in [4.69, 9.17) is 11.6 Å². The van der Waals surface area contributed by atoms with Gasteiger partial charge in [-0.2, -0.15) is 22.0 Å². The van der Waals surface area contributed by atoms with Gasteiger partial charge in [-0.05, 0) is 12.1 Å². The molecule has 0 amide bonds. The first-order valence-electron chi connectivity index (χ1n) is 4.47. The van der Waals surface area contributed by atoms with E-state index in [-0.39, 0.29) is 10.8 Å². The lowest BCUT2D eigenvalue weighted by Crippen LogP contribution is -2.41. The molecule has 0 saturated carbocycles. The molecular formula is C9H7BClF5O. The largest absolute Gasteiger partial charge is 0.485 e. The van der Waals surface area contributed by atoms with Crippen LogP contribution in [-0.4, -0.2) is 26.6 Å². The van der Waals surface area contributed by atoms with Crippen molar-refractivity contribution in [2.75, 3.05) is 6.61 Å². The summed E-state index contributed by atoms with van der Waals surface area (Å²) in [6, 6.07) is 4.23. The highest BCUT2D eigenvalue weighted by Crippen LogP contribution is 2.36. The van der Waals surface area contributed by atoms with Crippen LogP contribution in [0.15, 0.2) is 18.2 Å². The van der Waals surface area contributed by atoms with Crippen LogP contribution in [0.1, 0.15) is 0 Å². The first kappa shape index (κ1) is 14.1. The van der Waals surface area contributed by atoms with Gasteiger partial charge in [-0.25, -0.2) is 0 Å². The summed E-state index contributed by atoms with van der Waals surface area (Å²) in [5.41, 5.74) is 0.639. The lowest BCUT2D eigenvalue weighted by Gasteiger charge is -2.20. The molecule has 1 aromatic carbocycles. The van der Waals surface area contributed by atoms with Crippen molar-refractivity contribution in [1.82, 2.24) is 0 Å². The van der Waals surface area contributed by atoms with Crippen molar-refractivity contribution in [2.24, 2.45) is 0 Å². The van der Waals surface area contributed by atoms with Gasteiger partial charge in [0.05, 0.1) is 5.02 Å². The van der Waals surface area contributed by atoms with Crippen LogP contribution in [0.4, 0.5) is 22.0 Å². The Morgan fingerprint density at radius 2 is 1.76 bits per heavy atom. The average Bonchev–Trinajstić information content (AvgIpc) is 2.18. The van der Waals surface area contributed by atoms with Gasteiger partial charge >= 0.3 is 12.1 Å². The van der Waals surface area contributed by atoms with E-state index < -0.39 is 18.7 Å². The summed E-state index contributed by atoms with van der Waals surface area (Å²) in [4.78, 5) is 0. The summed E-state index contributed by atoms with van der Waals surface area (Å²) < 4.78 is 65.1. The van der Waals surface area contributed by atoms with Gasteiger partial charge in [0, 0.05) is 0 Å².